The van der Waals surface area contributed by atoms with Gasteiger partial charge in [-0.1, -0.05) is 11.6 Å². The van der Waals surface area contributed by atoms with Gasteiger partial charge in [0, 0.05) is 13.1 Å². The molecule has 3 heterocycles. The Morgan fingerprint density at radius 3 is 2.72 bits per heavy atom. The summed E-state index contributed by atoms with van der Waals surface area (Å²) >= 11 is 5.75. The number of rotatable bonds is 3. The molecule has 3 rings (SSSR count). The number of anilines is 4. The van der Waals surface area contributed by atoms with Crippen LogP contribution in [0.25, 0.3) is 0 Å². The summed E-state index contributed by atoms with van der Waals surface area (Å²) < 4.78 is 39.4. The van der Waals surface area contributed by atoms with Gasteiger partial charge in [0.25, 0.3) is 5.91 Å². The Morgan fingerprint density at radius 2 is 2.03 bits per heavy atom. The van der Waals surface area contributed by atoms with Crippen molar-refractivity contribution >= 4 is 40.6 Å². The summed E-state index contributed by atoms with van der Waals surface area (Å²) in [5, 5.41) is 2.11. The molecule has 1 aliphatic rings. The van der Waals surface area contributed by atoms with Crippen LogP contribution in [-0.2, 0) is 0 Å². The minimum absolute atomic E-state index is 0.00542. The van der Waals surface area contributed by atoms with E-state index in [0.29, 0.717) is 6.54 Å². The predicted octanol–water partition coefficient (Wildman–Crippen LogP) is 1.41. The molecule has 0 saturated carbocycles. The number of piperidine rings is 1. The van der Waals surface area contributed by atoms with Crippen LogP contribution in [-0.4, -0.2) is 45.1 Å². The van der Waals surface area contributed by atoms with Gasteiger partial charge in [-0.05, 0) is 12.8 Å². The normalized spacial score (nSPS) is 17.2. The van der Waals surface area contributed by atoms with Gasteiger partial charge in [-0.3, -0.25) is 9.78 Å². The number of nitrogens with one attached hydrogen (secondary N) is 2. The third kappa shape index (κ3) is 4.50. The molecule has 1 fully saturated rings. The number of hydrogen-bond donors (Lipinski definition) is 4. The molecule has 0 aliphatic carbocycles. The van der Waals surface area contributed by atoms with Crippen LogP contribution in [0.1, 0.15) is 23.3 Å². The summed E-state index contributed by atoms with van der Waals surface area (Å²) in [7, 11) is 0. The monoisotopic (exact) mass is 432 g/mol. The Labute approximate surface area is 166 Å². The van der Waals surface area contributed by atoms with Crippen molar-refractivity contribution in [2.75, 3.05) is 34.8 Å². The van der Waals surface area contributed by atoms with Crippen molar-refractivity contribution in [3.05, 3.63) is 27.5 Å². The van der Waals surface area contributed by atoms with Crippen molar-refractivity contribution in [1.82, 2.24) is 19.9 Å². The number of alkyl halides is 3. The fraction of sp³-hybridized carbons (Fsp3) is 0.400. The third-order valence-corrected chi connectivity index (χ3v) is 4.65. The molecule has 0 spiro atoms. The van der Waals surface area contributed by atoms with Gasteiger partial charge in [0.1, 0.15) is 5.82 Å². The highest BCUT2D eigenvalue weighted by atomic mass is 35.5. The third-order valence-electron chi connectivity index (χ3n) is 4.38. The zero-order valence-electron chi connectivity index (χ0n) is 14.8. The first-order valence-corrected chi connectivity index (χ1v) is 8.75. The smallest absolute Gasteiger partial charge is 0.382 e. The summed E-state index contributed by atoms with van der Waals surface area (Å²) in [4.78, 5) is 38.8. The van der Waals surface area contributed by atoms with Gasteiger partial charge in [-0.15, -0.1) is 0 Å². The standard InChI is InChI=1S/C15H16ClF3N8O2/c16-9-11(21)24-10(20)8(23-9)13(28)25-12-7(4-22-14(29)26-12)27-3-1-2-6(5-27)15(17,18)19/h4,6H,1-3,5H2,(H4,20,21,24)(H2,22,25,26,28,29). The van der Waals surface area contributed by atoms with Crippen LogP contribution in [0, 0.1) is 5.92 Å². The molecule has 29 heavy (non-hydrogen) atoms. The van der Waals surface area contributed by atoms with E-state index in [9.17, 15) is 22.8 Å². The van der Waals surface area contributed by atoms with Crippen LogP contribution in [0.2, 0.25) is 5.15 Å². The summed E-state index contributed by atoms with van der Waals surface area (Å²) in [6.07, 6.45) is -2.99. The Kier molecular flexibility index (Phi) is 5.50. The Hall–Kier alpha value is -3.09. The molecule has 2 aromatic rings. The quantitative estimate of drug-likeness (QED) is 0.567. The van der Waals surface area contributed by atoms with Gasteiger partial charge >= 0.3 is 11.9 Å². The van der Waals surface area contributed by atoms with Crippen molar-refractivity contribution in [3.8, 4) is 0 Å². The maximum Gasteiger partial charge on any atom is 0.393 e. The van der Waals surface area contributed by atoms with Gasteiger partial charge in [0.2, 0.25) is 0 Å². The number of hydrogen-bond acceptors (Lipinski definition) is 8. The Morgan fingerprint density at radius 1 is 1.31 bits per heavy atom. The highest BCUT2D eigenvalue weighted by Crippen LogP contribution is 2.36. The van der Waals surface area contributed by atoms with Crippen molar-refractivity contribution in [2.24, 2.45) is 5.92 Å². The van der Waals surface area contributed by atoms with E-state index in [1.54, 1.807) is 0 Å². The molecule has 6 N–H and O–H groups in total. The number of nitrogens with two attached hydrogens (primary N) is 2. The maximum atomic E-state index is 13.1. The lowest BCUT2D eigenvalue weighted by atomic mass is 9.97. The zero-order valence-corrected chi connectivity index (χ0v) is 15.5. The molecule has 0 bridgehead atoms. The summed E-state index contributed by atoms with van der Waals surface area (Å²) in [6, 6.07) is 0. The van der Waals surface area contributed by atoms with Crippen LogP contribution in [0.4, 0.5) is 36.3 Å². The molecule has 1 unspecified atom stereocenters. The average Bonchev–Trinajstić information content (AvgIpc) is 2.64. The van der Waals surface area contributed by atoms with Gasteiger partial charge in [-0.25, -0.2) is 14.8 Å². The second-order valence-electron chi connectivity index (χ2n) is 6.36. The van der Waals surface area contributed by atoms with Crippen LogP contribution in [0.5, 0.6) is 0 Å². The molecule has 156 valence electrons. The first kappa shape index (κ1) is 20.6. The molecule has 0 aromatic carbocycles. The van der Waals surface area contributed by atoms with Crippen molar-refractivity contribution in [1.29, 1.82) is 0 Å². The highest BCUT2D eigenvalue weighted by Gasteiger charge is 2.42. The van der Waals surface area contributed by atoms with Gasteiger partial charge in [0.05, 0.1) is 17.8 Å². The number of amides is 1. The zero-order chi connectivity index (χ0) is 21.3. The summed E-state index contributed by atoms with van der Waals surface area (Å²) in [5.74, 6) is -3.05. The molecular formula is C15H16ClF3N8O2. The lowest BCUT2D eigenvalue weighted by Gasteiger charge is -2.35. The van der Waals surface area contributed by atoms with Crippen molar-refractivity contribution in [3.63, 3.8) is 0 Å². The van der Waals surface area contributed by atoms with Gasteiger partial charge < -0.3 is 21.7 Å². The van der Waals surface area contributed by atoms with Gasteiger partial charge in [-0.2, -0.15) is 18.2 Å². The molecular weight excluding hydrogens is 417 g/mol. The lowest BCUT2D eigenvalue weighted by molar-refractivity contribution is -0.176. The fourth-order valence-corrected chi connectivity index (χ4v) is 3.09. The summed E-state index contributed by atoms with van der Waals surface area (Å²) in [6.45, 7) is -0.0471. The number of aromatic nitrogens is 4. The summed E-state index contributed by atoms with van der Waals surface area (Å²) in [5.41, 5.74) is 10.0. The second kappa shape index (κ2) is 7.73. The van der Waals surface area contributed by atoms with E-state index in [-0.39, 0.29) is 53.4 Å². The molecule has 1 aliphatic heterocycles. The molecule has 1 amide bonds. The number of carbonyl (C=O) groups excluding carboxylic acids is 1. The molecule has 1 saturated heterocycles. The van der Waals surface area contributed by atoms with Crippen LogP contribution >= 0.6 is 11.6 Å². The van der Waals surface area contributed by atoms with E-state index < -0.39 is 23.7 Å². The molecule has 0 radical (unpaired) electrons. The first-order valence-electron chi connectivity index (χ1n) is 8.37. The van der Waals surface area contributed by atoms with Gasteiger partial charge in [0.15, 0.2) is 22.5 Å². The van der Waals surface area contributed by atoms with Crippen LogP contribution < -0.4 is 27.4 Å². The second-order valence-corrected chi connectivity index (χ2v) is 6.72. The van der Waals surface area contributed by atoms with E-state index in [0.717, 1.165) is 6.20 Å². The lowest BCUT2D eigenvalue weighted by Crippen LogP contribution is -2.42. The maximum absolute atomic E-state index is 13.1. The minimum Gasteiger partial charge on any atom is -0.382 e. The number of nitrogen functional groups attached to an aromatic ring is 2. The Balaban J connectivity index is 1.91. The number of halogens is 4. The number of nitrogens with zero attached hydrogens (tertiary/aromatic N) is 4. The molecule has 14 heteroatoms. The van der Waals surface area contributed by atoms with E-state index in [4.69, 9.17) is 23.1 Å². The topological polar surface area (TPSA) is 156 Å². The van der Waals surface area contributed by atoms with E-state index in [2.05, 4.69) is 25.3 Å². The molecule has 1 atom stereocenters. The van der Waals surface area contributed by atoms with Crippen molar-refractivity contribution < 1.29 is 18.0 Å². The van der Waals surface area contributed by atoms with Crippen LogP contribution in [0.15, 0.2) is 11.0 Å². The number of carbonyl (C=O) groups is 1. The minimum atomic E-state index is -4.36. The Bertz CT molecular complexity index is 997. The predicted molar refractivity (Wildman–Crippen MR) is 99.7 cm³/mol. The SMILES string of the molecule is Nc1nc(N)c(C(=O)Nc2[nH]c(=O)ncc2N2CCCC(C(F)(F)F)C2)nc1Cl. The first-order chi connectivity index (χ1) is 13.6. The highest BCUT2D eigenvalue weighted by molar-refractivity contribution is 6.31. The van der Waals surface area contributed by atoms with E-state index in [1.165, 1.54) is 4.90 Å². The van der Waals surface area contributed by atoms with E-state index >= 15 is 0 Å². The fourth-order valence-electron chi connectivity index (χ4n) is 2.97. The number of aromatic amines is 1. The van der Waals surface area contributed by atoms with E-state index in [1.807, 2.05) is 0 Å². The average molecular weight is 433 g/mol. The van der Waals surface area contributed by atoms with Crippen LogP contribution in [0.3, 0.4) is 0 Å². The largest absolute Gasteiger partial charge is 0.393 e. The van der Waals surface area contributed by atoms with Crippen molar-refractivity contribution in [2.45, 2.75) is 19.0 Å². The molecule has 10 nitrogen and oxygen atoms in total. The molecule has 2 aromatic heterocycles. The number of H-pyrrole nitrogens is 1.